The number of methoxy groups -OCH3 is 1. The van der Waals surface area contributed by atoms with Gasteiger partial charge < -0.3 is 18.9 Å². The van der Waals surface area contributed by atoms with Gasteiger partial charge in [-0.25, -0.2) is 0 Å². The number of aromatic nitrogens is 1. The Kier molecular flexibility index (Phi) is 7.36. The average Bonchev–Trinajstić information content (AvgIpc) is 3.08. The van der Waals surface area contributed by atoms with Crippen LogP contribution in [0.1, 0.15) is 28.1 Å². The number of nitrogens with zero attached hydrogens (tertiary/aromatic N) is 2. The van der Waals surface area contributed by atoms with Gasteiger partial charge in [0.2, 0.25) is 5.91 Å². The molecule has 0 aliphatic rings. The second-order valence-electron chi connectivity index (χ2n) is 7.16. The minimum atomic E-state index is -0.113. The van der Waals surface area contributed by atoms with E-state index in [1.54, 1.807) is 25.1 Å². The topological polar surface area (TPSA) is 64.8 Å². The quantitative estimate of drug-likeness (QED) is 0.450. The Morgan fingerprint density at radius 2 is 2.00 bits per heavy atom. The van der Waals surface area contributed by atoms with E-state index in [-0.39, 0.29) is 5.91 Å². The Bertz CT molecular complexity index is 1070. The minimum Gasteiger partial charge on any atom is -0.493 e. The van der Waals surface area contributed by atoms with E-state index in [0.717, 1.165) is 28.1 Å². The predicted octanol–water partition coefficient (Wildman–Crippen LogP) is 5.20. The number of amides is 1. The summed E-state index contributed by atoms with van der Waals surface area (Å²) in [5, 5.41) is 4.58. The highest BCUT2D eigenvalue weighted by molar-refractivity contribution is 6.30. The van der Waals surface area contributed by atoms with Crippen molar-refractivity contribution >= 4 is 23.6 Å². The molecule has 31 heavy (non-hydrogen) atoms. The van der Waals surface area contributed by atoms with Crippen LogP contribution < -0.4 is 9.47 Å². The summed E-state index contributed by atoms with van der Waals surface area (Å²) >= 11 is 6.01. The first kappa shape index (κ1) is 22.4. The van der Waals surface area contributed by atoms with Gasteiger partial charge in [-0.2, -0.15) is 0 Å². The van der Waals surface area contributed by atoms with Gasteiger partial charge in [-0.05, 0) is 55.3 Å². The first-order valence-electron chi connectivity index (χ1n) is 9.77. The summed E-state index contributed by atoms with van der Waals surface area (Å²) in [7, 11) is 3.33. The predicted molar refractivity (Wildman–Crippen MR) is 120 cm³/mol. The van der Waals surface area contributed by atoms with E-state index in [1.807, 2.05) is 56.3 Å². The second kappa shape index (κ2) is 10.2. The molecule has 1 aromatic heterocycles. The highest BCUT2D eigenvalue weighted by Crippen LogP contribution is 2.30. The van der Waals surface area contributed by atoms with Crippen molar-refractivity contribution < 1.29 is 18.8 Å². The molecule has 6 nitrogen and oxygen atoms in total. The molecule has 0 radical (unpaired) electrons. The lowest BCUT2D eigenvalue weighted by molar-refractivity contribution is -0.125. The summed E-state index contributed by atoms with van der Waals surface area (Å²) in [5.74, 6) is 1.80. The molecular weight excluding hydrogens is 416 g/mol. The third kappa shape index (κ3) is 5.89. The number of likely N-dealkylation sites (N-methyl/N-ethyl adjacent to an activating group) is 1. The van der Waals surface area contributed by atoms with Crippen LogP contribution in [0.15, 0.2) is 53.1 Å². The van der Waals surface area contributed by atoms with Gasteiger partial charge in [0.1, 0.15) is 12.4 Å². The van der Waals surface area contributed by atoms with E-state index in [4.69, 9.17) is 25.6 Å². The van der Waals surface area contributed by atoms with Crippen molar-refractivity contribution in [2.45, 2.75) is 27.0 Å². The van der Waals surface area contributed by atoms with Crippen molar-refractivity contribution in [3.8, 4) is 11.5 Å². The van der Waals surface area contributed by atoms with Gasteiger partial charge in [0.25, 0.3) is 0 Å². The molecule has 1 amide bonds. The molecule has 0 saturated carbocycles. The number of carbonyl (C=O) groups is 1. The standard InChI is InChI=1S/C24H25ClN2O4/c1-16-21(17(2)31-26-16)15-30-22-10-8-18(13-23(22)29-4)9-11-24(28)27(3)14-19-6-5-7-20(25)12-19/h5-13H,14-15H2,1-4H3/b11-9+. The molecule has 162 valence electrons. The first-order valence-corrected chi connectivity index (χ1v) is 10.2. The maximum atomic E-state index is 12.5. The third-order valence-electron chi connectivity index (χ3n) is 4.84. The molecule has 0 aliphatic heterocycles. The van der Waals surface area contributed by atoms with Crippen molar-refractivity contribution in [3.63, 3.8) is 0 Å². The van der Waals surface area contributed by atoms with Gasteiger partial charge >= 0.3 is 0 Å². The van der Waals surface area contributed by atoms with Crippen LogP contribution in [0.25, 0.3) is 6.08 Å². The molecular formula is C24H25ClN2O4. The number of hydrogen-bond acceptors (Lipinski definition) is 5. The summed E-state index contributed by atoms with van der Waals surface area (Å²) in [5.41, 5.74) is 3.51. The number of benzene rings is 2. The Morgan fingerprint density at radius 3 is 2.68 bits per heavy atom. The zero-order valence-electron chi connectivity index (χ0n) is 18.0. The maximum absolute atomic E-state index is 12.5. The smallest absolute Gasteiger partial charge is 0.246 e. The fraction of sp³-hybridized carbons (Fsp3) is 0.250. The van der Waals surface area contributed by atoms with Gasteiger partial charge in [0.15, 0.2) is 11.5 Å². The molecule has 0 N–H and O–H groups in total. The fourth-order valence-corrected chi connectivity index (χ4v) is 3.26. The monoisotopic (exact) mass is 440 g/mol. The van der Waals surface area contributed by atoms with Crippen LogP contribution in [0.2, 0.25) is 5.02 Å². The molecule has 0 atom stereocenters. The molecule has 0 unspecified atom stereocenters. The Morgan fingerprint density at radius 1 is 1.19 bits per heavy atom. The highest BCUT2D eigenvalue weighted by Gasteiger charge is 2.12. The number of aryl methyl sites for hydroxylation is 2. The van der Waals surface area contributed by atoms with Gasteiger partial charge in [-0.15, -0.1) is 0 Å². The molecule has 0 aliphatic carbocycles. The zero-order chi connectivity index (χ0) is 22.4. The van der Waals surface area contributed by atoms with Crippen LogP contribution in [-0.2, 0) is 17.9 Å². The van der Waals surface area contributed by atoms with Gasteiger partial charge in [0, 0.05) is 24.7 Å². The summed E-state index contributed by atoms with van der Waals surface area (Å²) in [6.45, 7) is 4.53. The van der Waals surface area contributed by atoms with Gasteiger partial charge in [0.05, 0.1) is 18.4 Å². The zero-order valence-corrected chi connectivity index (χ0v) is 18.8. The second-order valence-corrected chi connectivity index (χ2v) is 7.60. The van der Waals surface area contributed by atoms with Crippen LogP contribution in [0, 0.1) is 13.8 Å². The molecule has 3 rings (SSSR count). The van der Waals surface area contributed by atoms with Crippen molar-refractivity contribution in [1.29, 1.82) is 0 Å². The first-order chi connectivity index (χ1) is 14.9. The number of rotatable bonds is 8. The molecule has 1 heterocycles. The normalized spacial score (nSPS) is 11.0. The van der Waals surface area contributed by atoms with E-state index in [1.165, 1.54) is 6.08 Å². The lowest BCUT2D eigenvalue weighted by atomic mass is 10.1. The van der Waals surface area contributed by atoms with Gasteiger partial charge in [-0.3, -0.25) is 4.79 Å². The third-order valence-corrected chi connectivity index (χ3v) is 5.08. The van der Waals surface area contributed by atoms with Crippen LogP contribution in [0.3, 0.4) is 0 Å². The molecule has 0 spiro atoms. The maximum Gasteiger partial charge on any atom is 0.246 e. The summed E-state index contributed by atoms with van der Waals surface area (Å²) in [4.78, 5) is 14.1. The number of hydrogen-bond donors (Lipinski definition) is 0. The van der Waals surface area contributed by atoms with E-state index in [9.17, 15) is 4.79 Å². The van der Waals surface area contributed by atoms with E-state index in [2.05, 4.69) is 5.16 Å². The molecule has 7 heteroatoms. The highest BCUT2D eigenvalue weighted by atomic mass is 35.5. The summed E-state index contributed by atoms with van der Waals surface area (Å²) < 4.78 is 16.5. The van der Waals surface area contributed by atoms with Crippen LogP contribution >= 0.6 is 11.6 Å². The Hall–Kier alpha value is -3.25. The van der Waals surface area contributed by atoms with Crippen LogP contribution in [-0.4, -0.2) is 30.1 Å². The Labute approximate surface area is 187 Å². The minimum absolute atomic E-state index is 0.113. The molecule has 0 bridgehead atoms. The molecule has 0 fully saturated rings. The summed E-state index contributed by atoms with van der Waals surface area (Å²) in [6, 6.07) is 13.0. The number of halogens is 1. The van der Waals surface area contributed by atoms with Crippen molar-refractivity contribution in [2.75, 3.05) is 14.2 Å². The molecule has 3 aromatic rings. The lowest BCUT2D eigenvalue weighted by Gasteiger charge is -2.15. The summed E-state index contributed by atoms with van der Waals surface area (Å²) in [6.07, 6.45) is 3.28. The average molecular weight is 441 g/mol. The van der Waals surface area contributed by atoms with E-state index >= 15 is 0 Å². The lowest BCUT2D eigenvalue weighted by Crippen LogP contribution is -2.24. The number of ether oxygens (including phenoxy) is 2. The number of carbonyl (C=O) groups excluding carboxylic acids is 1. The largest absolute Gasteiger partial charge is 0.493 e. The van der Waals surface area contributed by atoms with Crippen molar-refractivity contribution in [1.82, 2.24) is 10.1 Å². The van der Waals surface area contributed by atoms with E-state index < -0.39 is 0 Å². The Balaban J connectivity index is 1.64. The van der Waals surface area contributed by atoms with Gasteiger partial charge in [-0.1, -0.05) is 35.0 Å². The van der Waals surface area contributed by atoms with Crippen LogP contribution in [0.4, 0.5) is 0 Å². The van der Waals surface area contributed by atoms with Crippen molar-refractivity contribution in [3.05, 3.63) is 81.7 Å². The van der Waals surface area contributed by atoms with Crippen molar-refractivity contribution in [2.24, 2.45) is 0 Å². The van der Waals surface area contributed by atoms with Crippen LogP contribution in [0.5, 0.6) is 11.5 Å². The fourth-order valence-electron chi connectivity index (χ4n) is 3.05. The van der Waals surface area contributed by atoms with E-state index in [0.29, 0.717) is 29.7 Å². The SMILES string of the molecule is COc1cc(/C=C/C(=O)N(C)Cc2cccc(Cl)c2)ccc1OCc1c(C)noc1C. The molecule has 2 aromatic carbocycles. The molecule has 0 saturated heterocycles.